The average molecular weight is 404 g/mol. The normalized spacial score (nSPS) is 16.0. The van der Waals surface area contributed by atoms with Crippen molar-refractivity contribution in [2.75, 3.05) is 22.9 Å². The lowest BCUT2D eigenvalue weighted by atomic mass is 10.1. The van der Waals surface area contributed by atoms with Crippen LogP contribution in [0.2, 0.25) is 5.02 Å². The molecule has 0 spiro atoms. The largest absolute Gasteiger partial charge is 0.441 e. The lowest BCUT2D eigenvalue weighted by molar-refractivity contribution is -0.122. The molecule has 0 bridgehead atoms. The van der Waals surface area contributed by atoms with Gasteiger partial charge in [0.25, 0.3) is 11.8 Å². The molecule has 1 N–H and O–H groups in total. The number of furan rings is 1. The van der Waals surface area contributed by atoms with Crippen LogP contribution in [-0.2, 0) is 9.59 Å². The molecule has 2 aromatic rings. The van der Waals surface area contributed by atoms with Gasteiger partial charge in [0.2, 0.25) is 0 Å². The van der Waals surface area contributed by atoms with Crippen molar-refractivity contribution in [3.63, 3.8) is 0 Å². The predicted molar refractivity (Wildman–Crippen MR) is 110 cm³/mol. The fraction of sp³-hybridized carbons (Fsp3) is 0.211. The van der Waals surface area contributed by atoms with Gasteiger partial charge in [0.05, 0.1) is 5.69 Å². The number of hydrogen-bond acceptors (Lipinski definition) is 5. The van der Waals surface area contributed by atoms with E-state index in [4.69, 9.17) is 28.2 Å². The number of carbonyl (C=O) groups is 2. The van der Waals surface area contributed by atoms with Crippen LogP contribution in [0.4, 0.5) is 11.6 Å². The first kappa shape index (κ1) is 19.1. The van der Waals surface area contributed by atoms with Gasteiger partial charge in [0.15, 0.2) is 11.0 Å². The zero-order valence-corrected chi connectivity index (χ0v) is 16.4. The highest BCUT2D eigenvalue weighted by atomic mass is 35.5. The Hall–Kier alpha value is -2.64. The molecule has 140 valence electrons. The standard InChI is InChI=1S/C19H18ClN3O3S/c1-3-22(4-2)16-10-9-14(26-16)11-15-17(24)21-19(27)23(18(15)25)13-7-5-12(20)6-8-13/h5-11H,3-4H2,1-2H3,(H,21,24,27)/b15-11-. The minimum Gasteiger partial charge on any atom is -0.441 e. The molecular weight excluding hydrogens is 386 g/mol. The molecule has 1 aromatic heterocycles. The van der Waals surface area contributed by atoms with E-state index in [0.717, 1.165) is 13.1 Å². The molecule has 1 fully saturated rings. The Morgan fingerprint density at radius 2 is 1.81 bits per heavy atom. The Morgan fingerprint density at radius 1 is 1.15 bits per heavy atom. The van der Waals surface area contributed by atoms with Gasteiger partial charge in [-0.2, -0.15) is 0 Å². The van der Waals surface area contributed by atoms with Gasteiger partial charge in [-0.05, 0) is 62.5 Å². The van der Waals surface area contributed by atoms with Crippen molar-refractivity contribution in [1.82, 2.24) is 5.32 Å². The van der Waals surface area contributed by atoms with Crippen LogP contribution in [0.3, 0.4) is 0 Å². The number of benzene rings is 1. The molecule has 0 saturated carbocycles. The summed E-state index contributed by atoms with van der Waals surface area (Å²) >= 11 is 11.1. The van der Waals surface area contributed by atoms with Gasteiger partial charge < -0.3 is 9.32 Å². The Morgan fingerprint density at radius 3 is 2.44 bits per heavy atom. The summed E-state index contributed by atoms with van der Waals surface area (Å²) in [6, 6.07) is 10.2. The number of amides is 2. The minimum absolute atomic E-state index is 0.0211. The molecule has 0 atom stereocenters. The van der Waals surface area contributed by atoms with Gasteiger partial charge in [-0.1, -0.05) is 11.6 Å². The fourth-order valence-corrected chi connectivity index (χ4v) is 3.16. The van der Waals surface area contributed by atoms with E-state index < -0.39 is 11.8 Å². The van der Waals surface area contributed by atoms with Crippen LogP contribution < -0.4 is 15.1 Å². The van der Waals surface area contributed by atoms with Gasteiger partial charge in [-0.15, -0.1) is 0 Å². The maximum Gasteiger partial charge on any atom is 0.270 e. The number of carbonyl (C=O) groups excluding carboxylic acids is 2. The Kier molecular flexibility index (Phi) is 5.62. The highest BCUT2D eigenvalue weighted by Crippen LogP contribution is 2.25. The number of anilines is 2. The number of thiocarbonyl (C=S) groups is 1. The third kappa shape index (κ3) is 3.89. The van der Waals surface area contributed by atoms with Gasteiger partial charge in [-0.25, -0.2) is 0 Å². The minimum atomic E-state index is -0.559. The average Bonchev–Trinajstić information content (AvgIpc) is 3.10. The fourth-order valence-electron chi connectivity index (χ4n) is 2.75. The predicted octanol–water partition coefficient (Wildman–Crippen LogP) is 3.61. The second kappa shape index (κ2) is 7.94. The highest BCUT2D eigenvalue weighted by Gasteiger charge is 2.34. The molecule has 6 nitrogen and oxygen atoms in total. The molecular formula is C19H18ClN3O3S. The summed E-state index contributed by atoms with van der Waals surface area (Å²) < 4.78 is 5.76. The van der Waals surface area contributed by atoms with Crippen molar-refractivity contribution in [3.8, 4) is 0 Å². The highest BCUT2D eigenvalue weighted by molar-refractivity contribution is 7.80. The van der Waals surface area contributed by atoms with E-state index in [-0.39, 0.29) is 10.7 Å². The van der Waals surface area contributed by atoms with Crippen LogP contribution in [0.5, 0.6) is 0 Å². The number of halogens is 1. The van der Waals surface area contributed by atoms with Crippen LogP contribution in [0.15, 0.2) is 46.4 Å². The summed E-state index contributed by atoms with van der Waals surface area (Å²) in [5.41, 5.74) is 0.461. The van der Waals surface area contributed by atoms with Crippen molar-refractivity contribution >= 4 is 58.4 Å². The zero-order chi connectivity index (χ0) is 19.6. The lowest BCUT2D eigenvalue weighted by Crippen LogP contribution is -2.54. The second-order valence-corrected chi connectivity index (χ2v) is 6.61. The molecule has 1 aliphatic heterocycles. The summed E-state index contributed by atoms with van der Waals surface area (Å²) in [6.45, 7) is 5.62. The van der Waals surface area contributed by atoms with Gasteiger partial charge in [-0.3, -0.25) is 19.8 Å². The van der Waals surface area contributed by atoms with Crippen LogP contribution in [0.25, 0.3) is 6.08 Å². The number of nitrogens with zero attached hydrogens (tertiary/aromatic N) is 2. The maximum absolute atomic E-state index is 12.9. The maximum atomic E-state index is 12.9. The lowest BCUT2D eigenvalue weighted by Gasteiger charge is -2.28. The smallest absolute Gasteiger partial charge is 0.270 e. The molecule has 3 rings (SSSR count). The molecule has 0 unspecified atom stereocenters. The van der Waals surface area contributed by atoms with E-state index >= 15 is 0 Å². The SMILES string of the molecule is CCN(CC)c1ccc(/C=C2/C(=O)NC(=S)N(c3ccc(Cl)cc3)C2=O)o1. The second-order valence-electron chi connectivity index (χ2n) is 5.78. The molecule has 2 amide bonds. The van der Waals surface area contributed by atoms with E-state index in [1.165, 1.54) is 11.0 Å². The van der Waals surface area contributed by atoms with Crippen molar-refractivity contribution in [2.24, 2.45) is 0 Å². The first-order valence-corrected chi connectivity index (χ1v) is 9.25. The first-order chi connectivity index (χ1) is 12.9. The summed E-state index contributed by atoms with van der Waals surface area (Å²) in [5.74, 6) is 0.0164. The van der Waals surface area contributed by atoms with E-state index in [1.54, 1.807) is 30.3 Å². The van der Waals surface area contributed by atoms with Gasteiger partial charge in [0.1, 0.15) is 11.3 Å². The molecule has 1 saturated heterocycles. The van der Waals surface area contributed by atoms with Crippen LogP contribution >= 0.6 is 23.8 Å². The molecule has 0 radical (unpaired) electrons. The van der Waals surface area contributed by atoms with Crippen molar-refractivity contribution in [2.45, 2.75) is 13.8 Å². The number of nitrogens with one attached hydrogen (secondary N) is 1. The third-order valence-corrected chi connectivity index (χ3v) is 4.70. The van der Waals surface area contributed by atoms with Crippen molar-refractivity contribution < 1.29 is 14.0 Å². The number of rotatable bonds is 5. The molecule has 1 aromatic carbocycles. The summed E-state index contributed by atoms with van der Waals surface area (Å²) in [4.78, 5) is 28.5. The third-order valence-electron chi connectivity index (χ3n) is 4.16. The zero-order valence-electron chi connectivity index (χ0n) is 14.9. The van der Waals surface area contributed by atoms with Crippen molar-refractivity contribution in [1.29, 1.82) is 0 Å². The van der Waals surface area contributed by atoms with E-state index in [1.807, 2.05) is 24.8 Å². The topological polar surface area (TPSA) is 65.8 Å². The molecule has 2 heterocycles. The summed E-state index contributed by atoms with van der Waals surface area (Å²) in [6.07, 6.45) is 1.43. The molecule has 1 aliphatic rings. The van der Waals surface area contributed by atoms with Crippen LogP contribution in [0.1, 0.15) is 19.6 Å². The first-order valence-electron chi connectivity index (χ1n) is 8.46. The molecule has 0 aliphatic carbocycles. The summed E-state index contributed by atoms with van der Waals surface area (Å²) in [7, 11) is 0. The number of hydrogen-bond donors (Lipinski definition) is 1. The van der Waals surface area contributed by atoms with Gasteiger partial charge >= 0.3 is 0 Å². The van der Waals surface area contributed by atoms with E-state index in [9.17, 15) is 9.59 Å². The Balaban J connectivity index is 1.93. The monoisotopic (exact) mass is 403 g/mol. The van der Waals surface area contributed by atoms with E-state index in [2.05, 4.69) is 5.32 Å². The van der Waals surface area contributed by atoms with Crippen LogP contribution in [0, 0.1) is 0 Å². The quantitative estimate of drug-likeness (QED) is 0.469. The molecule has 8 heteroatoms. The summed E-state index contributed by atoms with van der Waals surface area (Å²) in [5, 5.41) is 3.10. The van der Waals surface area contributed by atoms with Crippen molar-refractivity contribution in [3.05, 3.63) is 52.8 Å². The molecule has 27 heavy (non-hydrogen) atoms. The Labute approximate surface area is 167 Å². The Bertz CT molecular complexity index is 917. The van der Waals surface area contributed by atoms with E-state index in [0.29, 0.717) is 22.4 Å². The van der Waals surface area contributed by atoms with Gasteiger partial charge in [0, 0.05) is 24.2 Å². The van der Waals surface area contributed by atoms with Crippen LogP contribution in [-0.4, -0.2) is 30.0 Å².